The van der Waals surface area contributed by atoms with Gasteiger partial charge in [-0.25, -0.2) is 13.4 Å². The molecule has 14 nitrogen and oxygen atoms in total. The van der Waals surface area contributed by atoms with Crippen molar-refractivity contribution in [3.63, 3.8) is 0 Å². The molecule has 0 amide bonds. The van der Waals surface area contributed by atoms with Crippen LogP contribution in [0.25, 0.3) is 11.0 Å². The van der Waals surface area contributed by atoms with E-state index in [2.05, 4.69) is 41.5 Å². The molecule has 1 saturated heterocycles. The van der Waals surface area contributed by atoms with Gasteiger partial charge in [0.25, 0.3) is 0 Å². The number of rotatable bonds is 9. The van der Waals surface area contributed by atoms with Gasteiger partial charge in [0, 0.05) is 45.2 Å². The zero-order chi connectivity index (χ0) is 26.9. The van der Waals surface area contributed by atoms with Crippen molar-refractivity contribution in [3.8, 4) is 5.75 Å². The van der Waals surface area contributed by atoms with E-state index in [-0.39, 0.29) is 5.95 Å². The predicted octanol–water partition coefficient (Wildman–Crippen LogP) is 0.846. The quantitative estimate of drug-likeness (QED) is 0.306. The lowest BCUT2D eigenvalue weighted by molar-refractivity contribution is 0.182. The fraction of sp³-hybridized carbons (Fsp3) is 0.435. The summed E-state index contributed by atoms with van der Waals surface area (Å²) in [6, 6.07) is 6.08. The summed E-state index contributed by atoms with van der Waals surface area (Å²) in [7, 11) is -1.52. The standard InChI is InChI=1S/C23H30N10O4S/c1-15-27-20(30-37-15)12-25-22-21-18(28-23(24)29-22)11-26-33(21)14-17-5-4-16(10-19(17)36-2)13-31-6-8-32(9-7-31)38(3,34)35/h4-5,10-11H,6-9,12-14H2,1-3H3,(H3,24,25,28,29). The normalized spacial score (nSPS) is 15.2. The number of hydrogen-bond acceptors (Lipinski definition) is 12. The van der Waals surface area contributed by atoms with E-state index in [1.54, 1.807) is 24.9 Å². The number of anilines is 2. The van der Waals surface area contributed by atoms with E-state index in [9.17, 15) is 8.42 Å². The van der Waals surface area contributed by atoms with Gasteiger partial charge in [-0.1, -0.05) is 17.3 Å². The van der Waals surface area contributed by atoms with E-state index in [1.165, 1.54) is 10.6 Å². The molecule has 0 spiro atoms. The minimum Gasteiger partial charge on any atom is -0.496 e. The summed E-state index contributed by atoms with van der Waals surface area (Å²) >= 11 is 0. The smallest absolute Gasteiger partial charge is 0.223 e. The van der Waals surface area contributed by atoms with Gasteiger partial charge in [-0.3, -0.25) is 9.58 Å². The Hall–Kier alpha value is -3.82. The Labute approximate surface area is 219 Å². The molecule has 5 rings (SSSR count). The Balaban J connectivity index is 1.33. The van der Waals surface area contributed by atoms with E-state index in [4.69, 9.17) is 15.0 Å². The maximum atomic E-state index is 11.8. The molecule has 1 fully saturated rings. The molecule has 3 N–H and O–H groups in total. The van der Waals surface area contributed by atoms with Crippen LogP contribution in [0.4, 0.5) is 11.8 Å². The van der Waals surface area contributed by atoms with Crippen LogP contribution < -0.4 is 15.8 Å². The summed E-state index contributed by atoms with van der Waals surface area (Å²) < 4.78 is 37.6. The summed E-state index contributed by atoms with van der Waals surface area (Å²) in [4.78, 5) is 15.1. The molecule has 4 aromatic rings. The van der Waals surface area contributed by atoms with Crippen LogP contribution in [0, 0.1) is 6.92 Å². The first kappa shape index (κ1) is 25.8. The first-order chi connectivity index (χ1) is 18.2. The third-order valence-electron chi connectivity index (χ3n) is 6.37. The number of ether oxygens (including phenoxy) is 1. The van der Waals surface area contributed by atoms with Crippen LogP contribution in [-0.2, 0) is 29.7 Å². The van der Waals surface area contributed by atoms with Crippen LogP contribution in [0.2, 0.25) is 0 Å². The van der Waals surface area contributed by atoms with Crippen molar-refractivity contribution in [3.05, 3.63) is 47.2 Å². The van der Waals surface area contributed by atoms with Gasteiger partial charge in [-0.05, 0) is 11.6 Å². The Morgan fingerprint density at radius 2 is 1.92 bits per heavy atom. The molecule has 3 aromatic heterocycles. The number of hydrogen-bond donors (Lipinski definition) is 2. The third-order valence-corrected chi connectivity index (χ3v) is 7.67. The van der Waals surface area contributed by atoms with Gasteiger partial charge >= 0.3 is 0 Å². The molecule has 15 heteroatoms. The number of nitrogen functional groups attached to an aromatic ring is 1. The average molecular weight is 543 g/mol. The van der Waals surface area contributed by atoms with Gasteiger partial charge in [0.05, 0.1) is 32.7 Å². The minimum absolute atomic E-state index is 0.128. The molecule has 0 unspecified atom stereocenters. The molecule has 0 radical (unpaired) electrons. The highest BCUT2D eigenvalue weighted by Crippen LogP contribution is 2.26. The summed E-state index contributed by atoms with van der Waals surface area (Å²) in [5, 5.41) is 11.6. The van der Waals surface area contributed by atoms with E-state index >= 15 is 0 Å². The van der Waals surface area contributed by atoms with Gasteiger partial charge in [0.15, 0.2) is 11.6 Å². The monoisotopic (exact) mass is 542 g/mol. The van der Waals surface area contributed by atoms with Crippen LogP contribution in [0.15, 0.2) is 28.9 Å². The van der Waals surface area contributed by atoms with Crippen molar-refractivity contribution in [2.75, 3.05) is 50.6 Å². The lowest BCUT2D eigenvalue weighted by atomic mass is 10.1. The van der Waals surface area contributed by atoms with Crippen molar-refractivity contribution in [2.45, 2.75) is 26.6 Å². The molecule has 202 valence electrons. The van der Waals surface area contributed by atoms with Crippen LogP contribution >= 0.6 is 0 Å². The summed E-state index contributed by atoms with van der Waals surface area (Å²) in [6.45, 7) is 5.50. The van der Waals surface area contributed by atoms with Crippen molar-refractivity contribution in [1.82, 2.24) is 39.1 Å². The van der Waals surface area contributed by atoms with Crippen molar-refractivity contribution in [1.29, 1.82) is 0 Å². The number of sulfonamides is 1. The van der Waals surface area contributed by atoms with Crippen molar-refractivity contribution < 1.29 is 17.7 Å². The average Bonchev–Trinajstić information content (AvgIpc) is 3.48. The predicted molar refractivity (Wildman–Crippen MR) is 140 cm³/mol. The Morgan fingerprint density at radius 3 is 2.61 bits per heavy atom. The molecule has 0 bridgehead atoms. The molecule has 1 aromatic carbocycles. The topological polar surface area (TPSA) is 170 Å². The van der Waals surface area contributed by atoms with Gasteiger partial charge in [-0.2, -0.15) is 19.4 Å². The maximum Gasteiger partial charge on any atom is 0.223 e. The fourth-order valence-electron chi connectivity index (χ4n) is 4.49. The van der Waals surface area contributed by atoms with Crippen molar-refractivity contribution in [2.24, 2.45) is 0 Å². The van der Waals surface area contributed by atoms with E-state index in [0.29, 0.717) is 74.4 Å². The second kappa shape index (κ2) is 10.5. The Morgan fingerprint density at radius 1 is 1.13 bits per heavy atom. The number of aromatic nitrogens is 6. The first-order valence-electron chi connectivity index (χ1n) is 12.0. The first-order valence-corrected chi connectivity index (χ1v) is 13.9. The highest BCUT2D eigenvalue weighted by molar-refractivity contribution is 7.88. The van der Waals surface area contributed by atoms with Crippen LogP contribution in [0.1, 0.15) is 22.8 Å². The van der Waals surface area contributed by atoms with Gasteiger partial charge < -0.3 is 20.3 Å². The number of nitrogens with two attached hydrogens (primary N) is 1. The fourth-order valence-corrected chi connectivity index (χ4v) is 5.32. The summed E-state index contributed by atoms with van der Waals surface area (Å²) in [5.74, 6) is 2.34. The minimum atomic E-state index is -3.15. The Kier molecular flexibility index (Phi) is 7.14. The molecule has 1 aliphatic heterocycles. The SMILES string of the molecule is COc1cc(CN2CCN(S(C)(=O)=O)CC2)ccc1Cn1ncc2nc(N)nc(NCc3noc(C)n3)c21. The molecule has 38 heavy (non-hydrogen) atoms. The molecular formula is C23H30N10O4S. The zero-order valence-corrected chi connectivity index (χ0v) is 22.3. The molecule has 4 heterocycles. The van der Waals surface area contributed by atoms with E-state index < -0.39 is 10.0 Å². The van der Waals surface area contributed by atoms with E-state index in [1.807, 2.05) is 12.1 Å². The summed E-state index contributed by atoms with van der Waals surface area (Å²) in [5.41, 5.74) is 9.23. The highest BCUT2D eigenvalue weighted by atomic mass is 32.2. The number of fused-ring (bicyclic) bond motifs is 1. The van der Waals surface area contributed by atoms with Gasteiger partial charge in [0.2, 0.25) is 21.9 Å². The third kappa shape index (κ3) is 5.69. The molecule has 0 saturated carbocycles. The number of benzene rings is 1. The number of nitrogens with zero attached hydrogens (tertiary/aromatic N) is 8. The second-order valence-corrected chi connectivity index (χ2v) is 11.1. The van der Waals surface area contributed by atoms with Crippen LogP contribution in [-0.4, -0.2) is 87.1 Å². The maximum absolute atomic E-state index is 11.8. The van der Waals surface area contributed by atoms with Gasteiger partial charge in [-0.15, -0.1) is 0 Å². The number of piperazine rings is 1. The van der Waals surface area contributed by atoms with Gasteiger partial charge in [0.1, 0.15) is 16.8 Å². The molecular weight excluding hydrogens is 512 g/mol. The number of nitrogens with one attached hydrogen (secondary N) is 1. The molecule has 0 aliphatic carbocycles. The second-order valence-electron chi connectivity index (χ2n) is 9.13. The van der Waals surface area contributed by atoms with Crippen LogP contribution in [0.3, 0.4) is 0 Å². The lowest BCUT2D eigenvalue weighted by Gasteiger charge is -2.33. The molecule has 0 atom stereocenters. The number of methoxy groups -OCH3 is 1. The molecule has 1 aliphatic rings. The largest absolute Gasteiger partial charge is 0.496 e. The lowest BCUT2D eigenvalue weighted by Crippen LogP contribution is -2.47. The Bertz CT molecular complexity index is 1540. The van der Waals surface area contributed by atoms with Crippen LogP contribution in [0.5, 0.6) is 5.75 Å². The highest BCUT2D eigenvalue weighted by Gasteiger charge is 2.23. The summed E-state index contributed by atoms with van der Waals surface area (Å²) in [6.07, 6.45) is 2.90. The van der Waals surface area contributed by atoms with E-state index in [0.717, 1.165) is 16.9 Å². The van der Waals surface area contributed by atoms with Crippen molar-refractivity contribution >= 4 is 32.8 Å². The number of aryl methyl sites for hydroxylation is 1. The zero-order valence-electron chi connectivity index (χ0n) is 21.5.